The zero-order valence-electron chi connectivity index (χ0n) is 13.7. The molecule has 130 valence electrons. The number of hydrogen-bond donors (Lipinski definition) is 2. The van der Waals surface area contributed by atoms with Gasteiger partial charge in [-0.15, -0.1) is 0 Å². The van der Waals surface area contributed by atoms with Gasteiger partial charge in [-0.3, -0.25) is 4.79 Å². The van der Waals surface area contributed by atoms with E-state index in [1.165, 1.54) is 0 Å². The lowest BCUT2D eigenvalue weighted by molar-refractivity contribution is 0.0546. The average molecular weight is 333 g/mol. The van der Waals surface area contributed by atoms with Gasteiger partial charge in [0.25, 0.3) is 5.91 Å². The summed E-state index contributed by atoms with van der Waals surface area (Å²) in [6.07, 6.45) is 2.42. The number of rotatable bonds is 4. The van der Waals surface area contributed by atoms with Gasteiger partial charge in [-0.05, 0) is 48.6 Å². The fourth-order valence-corrected chi connectivity index (χ4v) is 3.41. The fraction of sp³-hybridized carbons (Fsp3) is 0.500. The Balaban J connectivity index is 1.72. The Morgan fingerprint density at radius 3 is 2.75 bits per heavy atom. The molecule has 24 heavy (non-hydrogen) atoms. The van der Waals surface area contributed by atoms with Gasteiger partial charge in [0.05, 0.1) is 12.4 Å². The Labute approximate surface area is 141 Å². The predicted octanol–water partition coefficient (Wildman–Crippen LogP) is 1.46. The highest BCUT2D eigenvalue weighted by Crippen LogP contribution is 2.30. The molecule has 0 radical (unpaired) electrons. The van der Waals surface area contributed by atoms with Crippen molar-refractivity contribution in [1.82, 2.24) is 4.90 Å². The lowest BCUT2D eigenvalue weighted by atomic mass is 10.0. The summed E-state index contributed by atoms with van der Waals surface area (Å²) in [5.74, 6) is 0.0226. The number of likely N-dealkylation sites (tertiary alicyclic amines) is 1. The fourth-order valence-electron chi connectivity index (χ4n) is 3.41. The normalized spacial score (nSPS) is 18.9. The number of amides is 1. The number of halogens is 1. The van der Waals surface area contributed by atoms with E-state index < -0.39 is 0 Å². The van der Waals surface area contributed by atoms with Crippen molar-refractivity contribution in [3.05, 3.63) is 41.2 Å². The number of nitrogens with two attached hydrogens (primary N) is 1. The van der Waals surface area contributed by atoms with E-state index in [0.717, 1.165) is 24.2 Å². The third-order valence-corrected chi connectivity index (χ3v) is 4.88. The Morgan fingerprint density at radius 2 is 2.08 bits per heavy atom. The molecular formula is C18H24FN3O2. The van der Waals surface area contributed by atoms with Crippen LogP contribution in [0.5, 0.6) is 0 Å². The maximum Gasteiger partial charge on any atom is 0.253 e. The van der Waals surface area contributed by atoms with Gasteiger partial charge in [-0.25, -0.2) is 4.39 Å². The van der Waals surface area contributed by atoms with Crippen LogP contribution in [0.3, 0.4) is 0 Å². The molecule has 2 aliphatic heterocycles. The van der Waals surface area contributed by atoms with E-state index in [4.69, 9.17) is 5.73 Å². The number of piperidine rings is 1. The van der Waals surface area contributed by atoms with Crippen LogP contribution in [0.2, 0.25) is 0 Å². The average Bonchev–Trinajstić information content (AvgIpc) is 3.01. The van der Waals surface area contributed by atoms with Gasteiger partial charge >= 0.3 is 0 Å². The smallest absolute Gasteiger partial charge is 0.253 e. The van der Waals surface area contributed by atoms with E-state index in [0.29, 0.717) is 49.9 Å². The van der Waals surface area contributed by atoms with Crippen LogP contribution in [0.1, 0.15) is 28.8 Å². The van der Waals surface area contributed by atoms with Crippen molar-refractivity contribution in [2.24, 2.45) is 5.73 Å². The van der Waals surface area contributed by atoms with Crippen LogP contribution in [-0.2, 0) is 6.42 Å². The van der Waals surface area contributed by atoms with Crippen LogP contribution in [0.25, 0.3) is 0 Å². The van der Waals surface area contributed by atoms with Crippen LogP contribution in [0.15, 0.2) is 30.1 Å². The molecule has 5 nitrogen and oxygen atoms in total. The van der Waals surface area contributed by atoms with Crippen molar-refractivity contribution >= 4 is 11.6 Å². The second-order valence-corrected chi connectivity index (χ2v) is 6.51. The van der Waals surface area contributed by atoms with Crippen LogP contribution in [0.4, 0.5) is 10.1 Å². The standard InChI is InChI=1S/C18H24FN3O2/c19-10-13(11-20)12-22-6-3-14-9-15(1-2-17(14)22)18(24)21-7-4-16(23)5-8-21/h1-2,9-10,16,23H,3-8,11-12,20H2/b13-10+. The van der Waals surface area contributed by atoms with E-state index in [1.807, 2.05) is 18.2 Å². The van der Waals surface area contributed by atoms with Gasteiger partial charge in [0, 0.05) is 44.0 Å². The van der Waals surface area contributed by atoms with Gasteiger partial charge in [-0.1, -0.05) is 0 Å². The first-order chi connectivity index (χ1) is 11.6. The zero-order valence-corrected chi connectivity index (χ0v) is 13.7. The molecule has 1 fully saturated rings. The summed E-state index contributed by atoms with van der Waals surface area (Å²) in [7, 11) is 0. The number of fused-ring (bicyclic) bond motifs is 1. The van der Waals surface area contributed by atoms with E-state index in [9.17, 15) is 14.3 Å². The first-order valence-electron chi connectivity index (χ1n) is 8.45. The Bertz CT molecular complexity index is 639. The van der Waals surface area contributed by atoms with Crippen LogP contribution in [-0.4, -0.2) is 54.7 Å². The van der Waals surface area contributed by atoms with Gasteiger partial charge in [0.2, 0.25) is 0 Å². The highest BCUT2D eigenvalue weighted by molar-refractivity contribution is 5.95. The molecule has 6 heteroatoms. The van der Waals surface area contributed by atoms with E-state index in [2.05, 4.69) is 4.90 Å². The molecule has 2 aliphatic rings. The quantitative estimate of drug-likeness (QED) is 0.875. The molecule has 0 aromatic heterocycles. The number of aliphatic hydroxyl groups excluding tert-OH is 1. The number of carbonyl (C=O) groups excluding carboxylic acids is 1. The minimum atomic E-state index is -0.289. The van der Waals surface area contributed by atoms with Crippen LogP contribution < -0.4 is 10.6 Å². The Morgan fingerprint density at radius 1 is 1.33 bits per heavy atom. The molecule has 0 aliphatic carbocycles. The van der Waals surface area contributed by atoms with Crippen molar-refractivity contribution in [2.75, 3.05) is 37.6 Å². The summed E-state index contributed by atoms with van der Waals surface area (Å²) < 4.78 is 12.8. The highest BCUT2D eigenvalue weighted by Gasteiger charge is 2.25. The summed E-state index contributed by atoms with van der Waals surface area (Å²) in [6, 6.07) is 5.73. The molecule has 0 atom stereocenters. The molecule has 0 spiro atoms. The maximum absolute atomic E-state index is 12.8. The van der Waals surface area contributed by atoms with Crippen LogP contribution in [0, 0.1) is 0 Å². The molecule has 2 heterocycles. The van der Waals surface area contributed by atoms with Gasteiger partial charge in [-0.2, -0.15) is 0 Å². The molecule has 0 bridgehead atoms. The maximum atomic E-state index is 12.8. The number of hydrogen-bond acceptors (Lipinski definition) is 4. The first kappa shape index (κ1) is 16.9. The van der Waals surface area contributed by atoms with Gasteiger partial charge < -0.3 is 20.6 Å². The van der Waals surface area contributed by atoms with Crippen molar-refractivity contribution in [3.8, 4) is 0 Å². The van der Waals surface area contributed by atoms with E-state index in [1.54, 1.807) is 4.90 Å². The van der Waals surface area contributed by atoms with Gasteiger partial charge in [0.1, 0.15) is 0 Å². The summed E-state index contributed by atoms with van der Waals surface area (Å²) in [5, 5.41) is 9.56. The molecule has 3 N–H and O–H groups in total. The minimum Gasteiger partial charge on any atom is -0.393 e. The lowest BCUT2D eigenvalue weighted by Crippen LogP contribution is -2.40. The predicted molar refractivity (Wildman–Crippen MR) is 91.7 cm³/mol. The van der Waals surface area contributed by atoms with Crippen molar-refractivity contribution in [1.29, 1.82) is 0 Å². The molecule has 0 unspecified atom stereocenters. The topological polar surface area (TPSA) is 69.8 Å². The number of benzene rings is 1. The van der Waals surface area contributed by atoms with Crippen LogP contribution >= 0.6 is 0 Å². The summed E-state index contributed by atoms with van der Waals surface area (Å²) in [5.41, 5.74) is 8.95. The largest absolute Gasteiger partial charge is 0.393 e. The van der Waals surface area contributed by atoms with E-state index in [-0.39, 0.29) is 18.6 Å². The second-order valence-electron chi connectivity index (χ2n) is 6.51. The number of anilines is 1. The molecule has 1 aromatic rings. The minimum absolute atomic E-state index is 0.0226. The number of carbonyl (C=O) groups is 1. The highest BCUT2D eigenvalue weighted by atomic mass is 19.1. The molecule has 0 saturated carbocycles. The SMILES string of the molecule is NC/C(=C\F)CN1CCc2cc(C(=O)N3CCC(O)CC3)ccc21. The zero-order chi connectivity index (χ0) is 17.1. The molecule has 1 aromatic carbocycles. The van der Waals surface area contributed by atoms with Crippen molar-refractivity contribution in [2.45, 2.75) is 25.4 Å². The molecular weight excluding hydrogens is 309 g/mol. The Hall–Kier alpha value is -1.92. The number of aliphatic hydroxyl groups is 1. The number of nitrogens with zero attached hydrogens (tertiary/aromatic N) is 2. The molecule has 1 amide bonds. The second kappa shape index (κ2) is 7.32. The first-order valence-corrected chi connectivity index (χ1v) is 8.45. The Kier molecular flexibility index (Phi) is 5.16. The third kappa shape index (κ3) is 3.44. The molecule has 1 saturated heterocycles. The summed E-state index contributed by atoms with van der Waals surface area (Å²) >= 11 is 0. The monoisotopic (exact) mass is 333 g/mol. The van der Waals surface area contributed by atoms with Gasteiger partial charge in [0.15, 0.2) is 0 Å². The lowest BCUT2D eigenvalue weighted by Gasteiger charge is -2.29. The molecule has 3 rings (SSSR count). The van der Waals surface area contributed by atoms with E-state index >= 15 is 0 Å². The summed E-state index contributed by atoms with van der Waals surface area (Å²) in [6.45, 7) is 2.70. The van der Waals surface area contributed by atoms with Crippen molar-refractivity contribution < 1.29 is 14.3 Å². The third-order valence-electron chi connectivity index (χ3n) is 4.88. The van der Waals surface area contributed by atoms with Crippen molar-refractivity contribution in [3.63, 3.8) is 0 Å². The summed E-state index contributed by atoms with van der Waals surface area (Å²) in [4.78, 5) is 16.5.